The zero-order valence-electron chi connectivity index (χ0n) is 11.0. The Bertz CT molecular complexity index is 633. The van der Waals surface area contributed by atoms with Crippen molar-refractivity contribution in [3.63, 3.8) is 0 Å². The summed E-state index contributed by atoms with van der Waals surface area (Å²) in [6.07, 6.45) is 0.0897. The number of phenols is 1. The number of carbonyl (C=O) groups excluding carboxylic acids is 1. The van der Waals surface area contributed by atoms with E-state index in [2.05, 4.69) is 21.2 Å². The van der Waals surface area contributed by atoms with Crippen molar-refractivity contribution in [2.45, 2.75) is 13.3 Å². The van der Waals surface area contributed by atoms with Gasteiger partial charge in [-0.15, -0.1) is 0 Å². The van der Waals surface area contributed by atoms with Crippen LogP contribution in [-0.4, -0.2) is 11.0 Å². The summed E-state index contributed by atoms with van der Waals surface area (Å²) in [6, 6.07) is 10.4. The summed E-state index contributed by atoms with van der Waals surface area (Å²) in [5, 5.41) is 12.4. The molecule has 2 aromatic rings. The number of aromatic hydroxyl groups is 1. The molecule has 0 atom stereocenters. The third-order valence-electron chi connectivity index (χ3n) is 2.87. The number of para-hydroxylation sites is 1. The molecular weight excluding hydrogens is 320 g/mol. The van der Waals surface area contributed by atoms with E-state index in [-0.39, 0.29) is 18.1 Å². The second-order valence-electron chi connectivity index (χ2n) is 4.56. The minimum Gasteiger partial charge on any atom is -0.508 e. The van der Waals surface area contributed by atoms with Crippen LogP contribution in [-0.2, 0) is 11.2 Å². The van der Waals surface area contributed by atoms with E-state index in [0.29, 0.717) is 16.9 Å². The van der Waals surface area contributed by atoms with Gasteiger partial charge >= 0.3 is 0 Å². The molecule has 0 aromatic heterocycles. The average Bonchev–Trinajstić information content (AvgIpc) is 2.36. The van der Waals surface area contributed by atoms with Gasteiger partial charge in [-0.25, -0.2) is 0 Å². The van der Waals surface area contributed by atoms with E-state index in [4.69, 9.17) is 5.73 Å². The third kappa shape index (κ3) is 3.30. The van der Waals surface area contributed by atoms with Crippen molar-refractivity contribution in [1.82, 2.24) is 0 Å². The van der Waals surface area contributed by atoms with E-state index in [1.807, 2.05) is 13.0 Å². The molecule has 104 valence electrons. The Labute approximate surface area is 125 Å². The van der Waals surface area contributed by atoms with Crippen molar-refractivity contribution in [3.05, 3.63) is 52.0 Å². The number of halogens is 1. The number of phenolic OH excluding ortho intramolecular Hbond substituents is 1. The monoisotopic (exact) mass is 334 g/mol. The molecule has 0 unspecified atom stereocenters. The van der Waals surface area contributed by atoms with Gasteiger partial charge in [0.1, 0.15) is 5.75 Å². The minimum atomic E-state index is -0.234. The third-order valence-corrected chi connectivity index (χ3v) is 3.50. The van der Waals surface area contributed by atoms with E-state index >= 15 is 0 Å². The molecule has 0 fully saturated rings. The molecule has 0 aliphatic heterocycles. The summed E-state index contributed by atoms with van der Waals surface area (Å²) in [5.74, 6) is -0.124. The maximum Gasteiger partial charge on any atom is 0.229 e. The Morgan fingerprint density at radius 2 is 2.05 bits per heavy atom. The van der Waals surface area contributed by atoms with Crippen molar-refractivity contribution in [2.75, 3.05) is 11.1 Å². The van der Waals surface area contributed by atoms with Gasteiger partial charge in [-0.2, -0.15) is 0 Å². The molecule has 0 radical (unpaired) electrons. The first-order chi connectivity index (χ1) is 9.47. The zero-order chi connectivity index (χ0) is 14.7. The van der Waals surface area contributed by atoms with E-state index < -0.39 is 0 Å². The Balaban J connectivity index is 2.15. The number of hydrogen-bond donors (Lipinski definition) is 3. The summed E-state index contributed by atoms with van der Waals surface area (Å²) in [5.41, 5.74) is 8.54. The maximum absolute atomic E-state index is 12.0. The van der Waals surface area contributed by atoms with Crippen molar-refractivity contribution in [2.24, 2.45) is 0 Å². The quantitative estimate of drug-likeness (QED) is 0.754. The predicted octanol–water partition coefficient (Wildman–Crippen LogP) is 3.23. The fourth-order valence-corrected chi connectivity index (χ4v) is 2.61. The van der Waals surface area contributed by atoms with E-state index in [1.165, 1.54) is 0 Å². The Morgan fingerprint density at radius 1 is 1.35 bits per heavy atom. The first kappa shape index (κ1) is 14.4. The SMILES string of the molecule is Cc1cc(N)c(NC(=O)Cc2ccccc2O)c(Br)c1. The Morgan fingerprint density at radius 3 is 2.70 bits per heavy atom. The lowest BCUT2D eigenvalue weighted by Gasteiger charge is -2.12. The molecule has 0 aliphatic rings. The average molecular weight is 335 g/mol. The number of carbonyl (C=O) groups is 1. The topological polar surface area (TPSA) is 75.3 Å². The predicted molar refractivity (Wildman–Crippen MR) is 83.7 cm³/mol. The van der Waals surface area contributed by atoms with Crippen LogP contribution in [0.1, 0.15) is 11.1 Å². The number of nitrogens with two attached hydrogens (primary N) is 1. The van der Waals surface area contributed by atoms with Gasteiger partial charge in [0.05, 0.1) is 17.8 Å². The van der Waals surface area contributed by atoms with Crippen LogP contribution in [0.3, 0.4) is 0 Å². The maximum atomic E-state index is 12.0. The lowest BCUT2D eigenvalue weighted by Crippen LogP contribution is -2.16. The molecule has 1 amide bonds. The normalized spacial score (nSPS) is 10.3. The highest BCUT2D eigenvalue weighted by molar-refractivity contribution is 9.10. The highest BCUT2D eigenvalue weighted by Gasteiger charge is 2.11. The first-order valence-electron chi connectivity index (χ1n) is 6.09. The Kier molecular flexibility index (Phi) is 4.29. The molecule has 2 rings (SSSR count). The smallest absolute Gasteiger partial charge is 0.229 e. The lowest BCUT2D eigenvalue weighted by molar-refractivity contribution is -0.115. The van der Waals surface area contributed by atoms with Crippen molar-refractivity contribution in [3.8, 4) is 5.75 Å². The minimum absolute atomic E-state index is 0.0897. The van der Waals surface area contributed by atoms with Crippen LogP contribution in [0.15, 0.2) is 40.9 Å². The molecule has 0 aliphatic carbocycles. The number of amides is 1. The van der Waals surface area contributed by atoms with Gasteiger partial charge in [0.15, 0.2) is 0 Å². The van der Waals surface area contributed by atoms with Crippen LogP contribution >= 0.6 is 15.9 Å². The van der Waals surface area contributed by atoms with Gasteiger partial charge in [-0.05, 0) is 46.6 Å². The molecule has 0 bridgehead atoms. The summed E-state index contributed by atoms with van der Waals surface area (Å²) < 4.78 is 0.737. The fourth-order valence-electron chi connectivity index (χ4n) is 1.92. The number of anilines is 2. The van der Waals surface area contributed by atoms with Crippen LogP contribution in [0.4, 0.5) is 11.4 Å². The number of aryl methyl sites for hydroxylation is 1. The molecule has 4 nitrogen and oxygen atoms in total. The fraction of sp³-hybridized carbons (Fsp3) is 0.133. The van der Waals surface area contributed by atoms with E-state index in [1.54, 1.807) is 30.3 Å². The number of benzene rings is 2. The summed E-state index contributed by atoms with van der Waals surface area (Å²) in [7, 11) is 0. The van der Waals surface area contributed by atoms with Crippen LogP contribution in [0.5, 0.6) is 5.75 Å². The largest absolute Gasteiger partial charge is 0.508 e. The van der Waals surface area contributed by atoms with Gasteiger partial charge in [-0.3, -0.25) is 4.79 Å². The number of nitrogen functional groups attached to an aromatic ring is 1. The second-order valence-corrected chi connectivity index (χ2v) is 5.42. The molecule has 0 saturated heterocycles. The highest BCUT2D eigenvalue weighted by Crippen LogP contribution is 2.30. The number of hydrogen-bond acceptors (Lipinski definition) is 3. The summed E-state index contributed by atoms with van der Waals surface area (Å²) >= 11 is 3.38. The van der Waals surface area contributed by atoms with Crippen LogP contribution in [0.25, 0.3) is 0 Å². The second kappa shape index (κ2) is 5.96. The lowest BCUT2D eigenvalue weighted by atomic mass is 10.1. The van der Waals surface area contributed by atoms with Gasteiger partial charge in [-0.1, -0.05) is 18.2 Å². The van der Waals surface area contributed by atoms with Crippen molar-refractivity contribution in [1.29, 1.82) is 0 Å². The van der Waals surface area contributed by atoms with Crippen molar-refractivity contribution < 1.29 is 9.90 Å². The molecule has 0 heterocycles. The summed E-state index contributed by atoms with van der Waals surface area (Å²) in [6.45, 7) is 1.93. The number of rotatable bonds is 3. The highest BCUT2D eigenvalue weighted by atomic mass is 79.9. The number of nitrogens with one attached hydrogen (secondary N) is 1. The van der Waals surface area contributed by atoms with E-state index in [9.17, 15) is 9.90 Å². The molecule has 2 aromatic carbocycles. The Hall–Kier alpha value is -2.01. The van der Waals surface area contributed by atoms with Gasteiger partial charge in [0, 0.05) is 10.0 Å². The van der Waals surface area contributed by atoms with E-state index in [0.717, 1.165) is 10.0 Å². The van der Waals surface area contributed by atoms with Gasteiger partial charge in [0.25, 0.3) is 0 Å². The molecule has 5 heteroatoms. The summed E-state index contributed by atoms with van der Waals surface area (Å²) in [4.78, 5) is 12.0. The van der Waals surface area contributed by atoms with Crippen molar-refractivity contribution >= 4 is 33.2 Å². The molecule has 4 N–H and O–H groups in total. The zero-order valence-corrected chi connectivity index (χ0v) is 12.6. The van der Waals surface area contributed by atoms with Gasteiger partial charge in [0.2, 0.25) is 5.91 Å². The molecule has 0 spiro atoms. The molecule has 20 heavy (non-hydrogen) atoms. The molecule has 0 saturated carbocycles. The van der Waals surface area contributed by atoms with Crippen LogP contribution in [0.2, 0.25) is 0 Å². The van der Waals surface area contributed by atoms with Gasteiger partial charge < -0.3 is 16.2 Å². The standard InChI is InChI=1S/C15H15BrN2O2/c1-9-6-11(16)15(12(17)7-9)18-14(20)8-10-4-2-3-5-13(10)19/h2-7,19H,8,17H2,1H3,(H,18,20). The van der Waals surface area contributed by atoms with Crippen LogP contribution < -0.4 is 11.1 Å². The van der Waals surface area contributed by atoms with Crippen LogP contribution in [0, 0.1) is 6.92 Å². The molecular formula is C15H15BrN2O2. The first-order valence-corrected chi connectivity index (χ1v) is 6.89.